The summed E-state index contributed by atoms with van der Waals surface area (Å²) in [6.45, 7) is 4.75. The van der Waals surface area contributed by atoms with Crippen LogP contribution in [0.2, 0.25) is 0 Å². The SMILES string of the molecule is CC[C](CC)=[Ti+2]([C]1=CC=CC1)[c]1c(-c2ccccc2)ccc2c1Cc1cc(-c3ccccc3)ccc1-2.[Cl-].[Cl-]. The number of halogens is 2. The van der Waals surface area contributed by atoms with E-state index in [2.05, 4.69) is 123 Å². The first kappa shape index (κ1) is 28.5. The first-order valence-corrected chi connectivity index (χ1v) is 15.6. The zero-order valence-electron chi connectivity index (χ0n) is 22.0. The number of rotatable bonds is 6. The smallest absolute Gasteiger partial charge is 1.00 e. The fraction of sp³-hybridized carbons (Fsp3) is 0.171. The molecular formula is C35H32Cl2Ti. The fourth-order valence-electron chi connectivity index (χ4n) is 6.03. The molecule has 4 aromatic rings. The van der Waals surface area contributed by atoms with Gasteiger partial charge in [-0.1, -0.05) is 0 Å². The minimum Gasteiger partial charge on any atom is -1.00 e. The molecule has 38 heavy (non-hydrogen) atoms. The second kappa shape index (κ2) is 12.6. The zero-order chi connectivity index (χ0) is 24.5. The molecule has 0 saturated carbocycles. The third kappa shape index (κ3) is 5.21. The second-order valence-electron chi connectivity index (χ2n) is 9.80. The van der Waals surface area contributed by atoms with E-state index in [-0.39, 0.29) is 24.8 Å². The number of benzene rings is 4. The molecule has 4 aromatic carbocycles. The molecule has 0 atom stereocenters. The summed E-state index contributed by atoms with van der Waals surface area (Å²) in [6.07, 6.45) is 11.6. The van der Waals surface area contributed by atoms with E-state index < -0.39 is 17.4 Å². The van der Waals surface area contributed by atoms with Crippen LogP contribution in [0.1, 0.15) is 44.2 Å². The molecule has 0 saturated heterocycles. The van der Waals surface area contributed by atoms with Gasteiger partial charge in [-0.25, -0.2) is 0 Å². The summed E-state index contributed by atoms with van der Waals surface area (Å²) in [5.41, 5.74) is 11.4. The van der Waals surface area contributed by atoms with E-state index in [1.807, 2.05) is 0 Å². The Morgan fingerprint density at radius 2 is 1.32 bits per heavy atom. The molecule has 0 nitrogen and oxygen atoms in total. The minimum absolute atomic E-state index is 0. The standard InChI is InChI=1S/C25H17.C5H5.C5H10.2ClH.Ti/c1-3-7-18(8-4-1)20-11-13-24-22(15-20)17-23-16-21(12-14-25(23)24)19-9-5-2-6-10-19;1-2-4-5-3-1;1-3-5-4-2;;;/h1-15H,17H2;1-3H,4H2;3-4H2,1-2H3;2*1H;/q;;;;;+2/p-2. The van der Waals surface area contributed by atoms with Crippen LogP contribution < -0.4 is 28.7 Å². The summed E-state index contributed by atoms with van der Waals surface area (Å²) in [4.78, 5) is 0. The van der Waals surface area contributed by atoms with E-state index in [0.29, 0.717) is 0 Å². The number of allylic oxidation sites excluding steroid dienone is 4. The predicted octanol–water partition coefficient (Wildman–Crippen LogP) is 2.68. The van der Waals surface area contributed by atoms with Crippen LogP contribution in [0, 0.1) is 0 Å². The van der Waals surface area contributed by atoms with Crippen molar-refractivity contribution in [1.82, 2.24) is 0 Å². The van der Waals surface area contributed by atoms with Crippen LogP contribution in [0.3, 0.4) is 0 Å². The summed E-state index contributed by atoms with van der Waals surface area (Å²) in [5, 5.41) is 0. The van der Waals surface area contributed by atoms with E-state index in [4.69, 9.17) is 0 Å². The average Bonchev–Trinajstić information content (AvgIpc) is 3.60. The first-order valence-electron chi connectivity index (χ1n) is 13.3. The minimum atomic E-state index is -1.87. The molecule has 0 fully saturated rings. The third-order valence-electron chi connectivity index (χ3n) is 7.82. The quantitative estimate of drug-likeness (QED) is 0.275. The van der Waals surface area contributed by atoms with Gasteiger partial charge in [-0.2, -0.15) is 0 Å². The summed E-state index contributed by atoms with van der Waals surface area (Å²) < 4.78 is 5.21. The van der Waals surface area contributed by atoms with Crippen molar-refractivity contribution in [3.63, 3.8) is 0 Å². The monoisotopic (exact) mass is 570 g/mol. The van der Waals surface area contributed by atoms with Gasteiger partial charge in [-0.05, 0) is 0 Å². The van der Waals surface area contributed by atoms with Gasteiger partial charge in [-0.15, -0.1) is 0 Å². The maximum atomic E-state index is 2.45. The molecule has 0 spiro atoms. The molecular weight excluding hydrogens is 539 g/mol. The van der Waals surface area contributed by atoms with Gasteiger partial charge in [0.15, 0.2) is 0 Å². The fourth-order valence-corrected chi connectivity index (χ4v) is 11.4. The molecule has 0 bridgehead atoms. The third-order valence-corrected chi connectivity index (χ3v) is 13.3. The Bertz CT molecular complexity index is 1520. The molecule has 0 unspecified atom stereocenters. The Morgan fingerprint density at radius 1 is 0.684 bits per heavy atom. The van der Waals surface area contributed by atoms with E-state index >= 15 is 0 Å². The van der Waals surface area contributed by atoms with Crippen LogP contribution in [-0.4, -0.2) is 3.81 Å². The Morgan fingerprint density at radius 3 is 1.95 bits per heavy atom. The van der Waals surface area contributed by atoms with E-state index in [1.54, 1.807) is 17.1 Å². The second-order valence-corrected chi connectivity index (χ2v) is 13.9. The van der Waals surface area contributed by atoms with Crippen LogP contribution in [0.15, 0.2) is 113 Å². The van der Waals surface area contributed by atoms with Gasteiger partial charge in [-0.3, -0.25) is 0 Å². The summed E-state index contributed by atoms with van der Waals surface area (Å²) in [7, 11) is 0. The Hall–Kier alpha value is -2.48. The summed E-state index contributed by atoms with van der Waals surface area (Å²) >= 11 is -1.87. The summed E-state index contributed by atoms with van der Waals surface area (Å²) in [5.74, 6) is 0. The molecule has 0 aromatic heterocycles. The van der Waals surface area contributed by atoms with Gasteiger partial charge in [0.05, 0.1) is 0 Å². The largest absolute Gasteiger partial charge is 1.00 e. The van der Waals surface area contributed by atoms with Crippen molar-refractivity contribution < 1.29 is 42.2 Å². The van der Waals surface area contributed by atoms with Crippen LogP contribution >= 0.6 is 0 Å². The number of fused-ring (bicyclic) bond motifs is 3. The van der Waals surface area contributed by atoms with Crippen molar-refractivity contribution in [2.24, 2.45) is 0 Å². The number of hydrogen-bond donors (Lipinski definition) is 0. The van der Waals surface area contributed by atoms with Gasteiger partial charge in [0.25, 0.3) is 0 Å². The molecule has 0 heterocycles. The first-order chi connectivity index (χ1) is 17.8. The Kier molecular flexibility index (Phi) is 9.45. The maximum absolute atomic E-state index is 2.45. The van der Waals surface area contributed by atoms with Gasteiger partial charge < -0.3 is 24.8 Å². The van der Waals surface area contributed by atoms with Crippen LogP contribution in [-0.2, 0) is 23.8 Å². The molecule has 2 aliphatic rings. The van der Waals surface area contributed by atoms with Gasteiger partial charge in [0, 0.05) is 0 Å². The van der Waals surface area contributed by atoms with E-state index in [0.717, 1.165) is 12.8 Å². The molecule has 0 amide bonds. The topological polar surface area (TPSA) is 0 Å². The van der Waals surface area contributed by atoms with Crippen molar-refractivity contribution in [2.45, 2.75) is 39.5 Å². The van der Waals surface area contributed by atoms with Crippen molar-refractivity contribution in [2.75, 3.05) is 0 Å². The van der Waals surface area contributed by atoms with Crippen molar-refractivity contribution in [3.05, 3.63) is 124 Å². The molecule has 0 N–H and O–H groups in total. The summed E-state index contributed by atoms with van der Waals surface area (Å²) in [6, 6.07) is 33.9. The van der Waals surface area contributed by atoms with Crippen molar-refractivity contribution in [3.8, 4) is 33.4 Å². The van der Waals surface area contributed by atoms with E-state index in [9.17, 15) is 0 Å². The molecule has 0 radical (unpaired) electrons. The Balaban J connectivity index is 0.00000168. The molecule has 190 valence electrons. The van der Waals surface area contributed by atoms with Crippen LogP contribution in [0.25, 0.3) is 33.4 Å². The van der Waals surface area contributed by atoms with Crippen LogP contribution in [0.5, 0.6) is 0 Å². The zero-order valence-corrected chi connectivity index (χ0v) is 25.1. The van der Waals surface area contributed by atoms with Gasteiger partial charge >= 0.3 is 222 Å². The molecule has 2 aliphatic carbocycles. The van der Waals surface area contributed by atoms with Crippen molar-refractivity contribution in [1.29, 1.82) is 0 Å². The molecule has 0 aliphatic heterocycles. The van der Waals surface area contributed by atoms with Gasteiger partial charge in [0.2, 0.25) is 0 Å². The number of hydrogen-bond acceptors (Lipinski definition) is 0. The van der Waals surface area contributed by atoms with Crippen molar-refractivity contribution >= 4 is 7.68 Å². The maximum Gasteiger partial charge on any atom is -1.00 e. The van der Waals surface area contributed by atoms with E-state index in [1.165, 1.54) is 51.8 Å². The Labute approximate surface area is 245 Å². The average molecular weight is 571 g/mol. The predicted molar refractivity (Wildman–Crippen MR) is 153 cm³/mol. The van der Waals surface area contributed by atoms with Gasteiger partial charge in [0.1, 0.15) is 0 Å². The normalized spacial score (nSPS) is 12.4. The molecule has 6 rings (SSSR count). The molecule has 3 heteroatoms. The van der Waals surface area contributed by atoms with Crippen LogP contribution in [0.4, 0.5) is 0 Å².